The van der Waals surface area contributed by atoms with Crippen molar-refractivity contribution >= 4 is 5.84 Å². The maximum Gasteiger partial charge on any atom is 1.00 e. The summed E-state index contributed by atoms with van der Waals surface area (Å²) in [5.41, 5.74) is 8.08. The summed E-state index contributed by atoms with van der Waals surface area (Å²) in [6.07, 6.45) is 8.83. The van der Waals surface area contributed by atoms with Crippen LogP contribution < -0.4 is 34.1 Å². The molecule has 182 valence electrons. The van der Waals surface area contributed by atoms with Crippen LogP contribution in [0.15, 0.2) is 53.5 Å². The maximum atomic E-state index is 5.98. The molecule has 0 aliphatic carbocycles. The first-order valence-corrected chi connectivity index (χ1v) is 11.7. The summed E-state index contributed by atoms with van der Waals surface area (Å²) in [6.45, 7) is 9.42. The van der Waals surface area contributed by atoms with Gasteiger partial charge in [-0.3, -0.25) is 4.99 Å². The first-order valence-electron chi connectivity index (χ1n) is 11.7. The smallest absolute Gasteiger partial charge is 0.550 e. The van der Waals surface area contributed by atoms with Gasteiger partial charge in [0.1, 0.15) is 5.75 Å². The fourth-order valence-corrected chi connectivity index (χ4v) is 3.84. The molecule has 3 rings (SSSR count). The van der Waals surface area contributed by atoms with Crippen molar-refractivity contribution in [2.24, 2.45) is 16.6 Å². The third-order valence-corrected chi connectivity index (χ3v) is 5.76. The normalized spacial score (nSPS) is 15.6. The predicted molar refractivity (Wildman–Crippen MR) is 137 cm³/mol. The molecule has 2 aromatic rings. The quantitative estimate of drug-likeness (QED) is 0.257. The molecule has 0 amide bonds. The van der Waals surface area contributed by atoms with Crippen LogP contribution in [-0.4, -0.2) is 39.3 Å². The van der Waals surface area contributed by atoms with Crippen LogP contribution >= 0.6 is 0 Å². The van der Waals surface area contributed by atoms with Crippen LogP contribution in [0.5, 0.6) is 11.5 Å². The minimum absolute atomic E-state index is 0. The van der Waals surface area contributed by atoms with Gasteiger partial charge in [0.05, 0.1) is 31.9 Å². The minimum Gasteiger partial charge on any atom is -0.550 e. The van der Waals surface area contributed by atoms with E-state index < -0.39 is 0 Å². The van der Waals surface area contributed by atoms with E-state index in [2.05, 4.69) is 31.0 Å². The summed E-state index contributed by atoms with van der Waals surface area (Å²) in [5.74, 6) is 2.40. The number of nitrogens with zero attached hydrogens (tertiary/aromatic N) is 1. The Bertz CT molecular complexity index is 820. The number of hydrogen-bond donors (Lipinski definition) is 1. The average molecular weight is 459 g/mol. The van der Waals surface area contributed by atoms with Crippen LogP contribution in [0.1, 0.15) is 43.2 Å². The van der Waals surface area contributed by atoms with Crippen molar-refractivity contribution in [3.63, 3.8) is 0 Å². The molecule has 1 aliphatic heterocycles. The number of rotatable bonds is 10. The molecular formula is C28H39LiN2O3-2. The second-order valence-corrected chi connectivity index (χ2v) is 8.01. The first kappa shape index (κ1) is 30.0. The summed E-state index contributed by atoms with van der Waals surface area (Å²) >= 11 is 0. The van der Waals surface area contributed by atoms with Crippen molar-refractivity contribution in [3.05, 3.63) is 79.9 Å². The molecule has 1 heterocycles. The summed E-state index contributed by atoms with van der Waals surface area (Å²) in [6, 6.07) is 15.9. The molecule has 1 saturated heterocycles. The number of hydrogen-bond acceptors (Lipinski definition) is 4. The van der Waals surface area contributed by atoms with Crippen molar-refractivity contribution in [1.29, 1.82) is 0 Å². The van der Waals surface area contributed by atoms with Crippen LogP contribution in [0.25, 0.3) is 0 Å². The van der Waals surface area contributed by atoms with Gasteiger partial charge < -0.3 is 33.8 Å². The van der Waals surface area contributed by atoms with E-state index in [0.29, 0.717) is 35.9 Å². The third kappa shape index (κ3) is 10.1. The van der Waals surface area contributed by atoms with Gasteiger partial charge in [0, 0.05) is 13.2 Å². The Labute approximate surface area is 218 Å². The monoisotopic (exact) mass is 458 g/mol. The molecule has 34 heavy (non-hydrogen) atoms. The molecule has 1 fully saturated rings. The average Bonchev–Trinajstić information content (AvgIpc) is 2.86. The van der Waals surface area contributed by atoms with Crippen molar-refractivity contribution in [3.8, 4) is 11.5 Å². The van der Waals surface area contributed by atoms with E-state index in [1.54, 1.807) is 20.6 Å². The molecule has 1 unspecified atom stereocenters. The van der Waals surface area contributed by atoms with E-state index in [-0.39, 0.29) is 18.9 Å². The van der Waals surface area contributed by atoms with Gasteiger partial charge >= 0.3 is 18.9 Å². The molecule has 5 nitrogen and oxygen atoms in total. The summed E-state index contributed by atoms with van der Waals surface area (Å²) < 4.78 is 16.3. The van der Waals surface area contributed by atoms with Crippen molar-refractivity contribution < 1.29 is 33.1 Å². The van der Waals surface area contributed by atoms with Crippen LogP contribution in [0.4, 0.5) is 0 Å². The zero-order valence-corrected chi connectivity index (χ0v) is 21.2. The van der Waals surface area contributed by atoms with Crippen molar-refractivity contribution in [2.45, 2.75) is 44.6 Å². The Morgan fingerprint density at radius 3 is 2.41 bits per heavy atom. The summed E-state index contributed by atoms with van der Waals surface area (Å²) in [5, 5.41) is 0. The zero-order chi connectivity index (χ0) is 23.9. The van der Waals surface area contributed by atoms with E-state index in [9.17, 15) is 0 Å². The van der Waals surface area contributed by atoms with Gasteiger partial charge in [-0.05, 0) is 37.3 Å². The topological polar surface area (TPSA) is 66.1 Å². The fourth-order valence-electron chi connectivity index (χ4n) is 3.84. The molecule has 2 aromatic carbocycles. The summed E-state index contributed by atoms with van der Waals surface area (Å²) in [7, 11) is 3.22. The number of amidine groups is 1. The largest absolute Gasteiger partial charge is 1.00 e. The Hall–Kier alpha value is -2.06. The van der Waals surface area contributed by atoms with Gasteiger partial charge in [0.15, 0.2) is 0 Å². The van der Waals surface area contributed by atoms with Crippen LogP contribution in [0, 0.1) is 26.2 Å². The Morgan fingerprint density at radius 2 is 1.82 bits per heavy atom. The second kappa shape index (κ2) is 17.4. The standard InChI is InChI=1S/C18H21N2O2.C10H18O.Li/c1-21-16-10-6-9-15(18(16)22-2)13-17(19)20-12-11-14-7-4-3-5-8-14;1-3-9(4-2)10-7-5-6-8-11-10;/h3-10,13H,11-12H2,1-2H3,(H2,19,20);9-10H,1-8H2;/q-1;-2;+1. The van der Waals surface area contributed by atoms with Gasteiger partial charge in [-0.25, -0.2) is 0 Å². The minimum atomic E-state index is 0. The van der Waals surface area contributed by atoms with Gasteiger partial charge in [0.25, 0.3) is 0 Å². The number of ether oxygens (including phenoxy) is 3. The molecule has 0 aromatic heterocycles. The predicted octanol–water partition coefficient (Wildman–Crippen LogP) is 2.48. The fraction of sp³-hybridized carbons (Fsp3) is 0.429. The van der Waals surface area contributed by atoms with E-state index in [4.69, 9.17) is 19.9 Å². The Kier molecular flexibility index (Phi) is 15.3. The zero-order valence-electron chi connectivity index (χ0n) is 21.2. The molecule has 1 atom stereocenters. The molecular weight excluding hydrogens is 419 g/mol. The molecule has 1 aliphatic rings. The molecule has 0 saturated carbocycles. The van der Waals surface area contributed by atoms with E-state index in [0.717, 1.165) is 31.4 Å². The van der Waals surface area contributed by atoms with Crippen LogP contribution in [0.2, 0.25) is 0 Å². The molecule has 0 radical (unpaired) electrons. The number of nitrogens with two attached hydrogens (primary N) is 1. The van der Waals surface area contributed by atoms with E-state index in [1.807, 2.05) is 36.4 Å². The second-order valence-electron chi connectivity index (χ2n) is 8.01. The van der Waals surface area contributed by atoms with E-state index >= 15 is 0 Å². The van der Waals surface area contributed by atoms with Crippen molar-refractivity contribution in [1.82, 2.24) is 0 Å². The van der Waals surface area contributed by atoms with Crippen LogP contribution in [-0.2, 0) is 11.2 Å². The molecule has 0 bridgehead atoms. The number of aliphatic imine (C=N–C) groups is 1. The van der Waals surface area contributed by atoms with Crippen LogP contribution in [0.3, 0.4) is 0 Å². The Balaban J connectivity index is 0.000000407. The van der Waals surface area contributed by atoms with Gasteiger partial charge in [-0.2, -0.15) is 18.9 Å². The maximum absolute atomic E-state index is 5.98. The SMILES string of the molecule is COc1cccc([CH-]C(N)=NCCc2ccccc2)c1OC.[CH2-]CC(C[CH2-])C1CCCCO1.[Li+]. The molecule has 6 heteroatoms. The number of benzene rings is 2. The third-order valence-electron chi connectivity index (χ3n) is 5.76. The number of para-hydroxylation sites is 1. The van der Waals surface area contributed by atoms with Gasteiger partial charge in [-0.1, -0.05) is 36.2 Å². The molecule has 2 N–H and O–H groups in total. The first-order chi connectivity index (χ1) is 16.1. The summed E-state index contributed by atoms with van der Waals surface area (Å²) in [4.78, 5) is 4.39. The van der Waals surface area contributed by atoms with Gasteiger partial charge in [-0.15, -0.1) is 18.1 Å². The van der Waals surface area contributed by atoms with Crippen molar-refractivity contribution in [2.75, 3.05) is 27.4 Å². The number of methoxy groups -OCH3 is 2. The molecule has 0 spiro atoms. The Morgan fingerprint density at radius 1 is 1.09 bits per heavy atom. The van der Waals surface area contributed by atoms with E-state index in [1.165, 1.54) is 24.8 Å². The van der Waals surface area contributed by atoms with Gasteiger partial charge in [0.2, 0.25) is 0 Å².